The van der Waals surface area contributed by atoms with Crippen LogP contribution in [0.15, 0.2) is 28.7 Å². The van der Waals surface area contributed by atoms with Crippen LogP contribution in [0, 0.1) is 0 Å². The zero-order valence-corrected chi connectivity index (χ0v) is 11.1. The Morgan fingerprint density at radius 2 is 2.19 bits per heavy atom. The third-order valence-corrected chi connectivity index (χ3v) is 3.56. The molecule has 1 saturated carbocycles. The molecule has 0 atom stereocenters. The van der Waals surface area contributed by atoms with Gasteiger partial charge in [0.1, 0.15) is 12.1 Å². The van der Waals surface area contributed by atoms with E-state index >= 15 is 0 Å². The molecule has 2 aromatic heterocycles. The lowest BCUT2D eigenvalue weighted by molar-refractivity contribution is 0.0689. The Morgan fingerprint density at radius 3 is 2.90 bits per heavy atom. The van der Waals surface area contributed by atoms with Crippen LogP contribution in [0.5, 0.6) is 0 Å². The highest BCUT2D eigenvalue weighted by Crippen LogP contribution is 2.41. The number of rotatable bonds is 4. The summed E-state index contributed by atoms with van der Waals surface area (Å²) in [4.78, 5) is 15.6. The average molecular weight is 284 g/mol. The van der Waals surface area contributed by atoms with Gasteiger partial charge in [-0.2, -0.15) is 0 Å². The van der Waals surface area contributed by atoms with E-state index in [1.54, 1.807) is 4.68 Å². The second-order valence-corrected chi connectivity index (χ2v) is 5.14. The minimum Gasteiger partial charge on any atom is -0.476 e. The van der Waals surface area contributed by atoms with Gasteiger partial charge in [0, 0.05) is 5.92 Å². The molecule has 0 radical (unpaired) electrons. The van der Waals surface area contributed by atoms with Crippen molar-refractivity contribution in [1.82, 2.24) is 20.0 Å². The van der Waals surface area contributed by atoms with Gasteiger partial charge in [0.05, 0.1) is 5.69 Å². The lowest BCUT2D eigenvalue weighted by Gasteiger charge is -2.02. The molecule has 3 aromatic rings. The predicted octanol–water partition coefficient (Wildman–Crippen LogP) is 2.04. The van der Waals surface area contributed by atoms with E-state index in [2.05, 4.69) is 15.3 Å². The zero-order chi connectivity index (χ0) is 14.4. The van der Waals surface area contributed by atoms with Gasteiger partial charge in [-0.25, -0.2) is 14.5 Å². The Balaban J connectivity index is 1.72. The largest absolute Gasteiger partial charge is 0.476 e. The molecular weight excluding hydrogens is 272 g/mol. The molecule has 0 bridgehead atoms. The number of benzene rings is 1. The molecule has 0 spiro atoms. The normalized spacial score (nSPS) is 14.7. The van der Waals surface area contributed by atoms with Crippen molar-refractivity contribution in [2.75, 3.05) is 0 Å². The highest BCUT2D eigenvalue weighted by atomic mass is 16.4. The summed E-state index contributed by atoms with van der Waals surface area (Å²) in [7, 11) is 0. The van der Waals surface area contributed by atoms with Crippen molar-refractivity contribution in [2.45, 2.75) is 25.3 Å². The Morgan fingerprint density at radius 1 is 1.38 bits per heavy atom. The van der Waals surface area contributed by atoms with Gasteiger partial charge in [-0.1, -0.05) is 17.3 Å². The standard InChI is InChI=1S/C14H12N4O3/c19-14(20)12-13(8-5-6-8)18(17-16-12)7-11-15-9-3-1-2-4-10(9)21-11/h1-4,8H,5-7H2,(H,19,20). The first-order valence-corrected chi connectivity index (χ1v) is 6.73. The van der Waals surface area contributed by atoms with Crippen LogP contribution in [0.1, 0.15) is 40.8 Å². The summed E-state index contributed by atoms with van der Waals surface area (Å²) >= 11 is 0. The summed E-state index contributed by atoms with van der Waals surface area (Å²) < 4.78 is 7.24. The monoisotopic (exact) mass is 284 g/mol. The minimum absolute atomic E-state index is 0.0358. The van der Waals surface area contributed by atoms with Crippen LogP contribution in [-0.2, 0) is 6.54 Å². The van der Waals surface area contributed by atoms with E-state index in [1.807, 2.05) is 24.3 Å². The van der Waals surface area contributed by atoms with E-state index in [9.17, 15) is 9.90 Å². The molecule has 1 aromatic carbocycles. The van der Waals surface area contributed by atoms with E-state index in [4.69, 9.17) is 4.42 Å². The summed E-state index contributed by atoms with van der Waals surface area (Å²) in [5.74, 6) is -0.309. The second-order valence-electron chi connectivity index (χ2n) is 5.14. The number of carboxylic acids is 1. The average Bonchev–Trinajstić information content (AvgIpc) is 3.08. The first-order chi connectivity index (χ1) is 10.2. The van der Waals surface area contributed by atoms with Crippen molar-refractivity contribution in [2.24, 2.45) is 0 Å². The van der Waals surface area contributed by atoms with Gasteiger partial charge in [-0.3, -0.25) is 0 Å². The highest BCUT2D eigenvalue weighted by Gasteiger charge is 2.34. The SMILES string of the molecule is O=C(O)c1nnn(Cc2nc3ccccc3o2)c1C1CC1. The van der Waals surface area contributed by atoms with E-state index in [0.29, 0.717) is 23.7 Å². The Bertz CT molecular complexity index is 799. The quantitative estimate of drug-likeness (QED) is 0.788. The third-order valence-electron chi connectivity index (χ3n) is 3.56. The van der Waals surface area contributed by atoms with Crippen molar-refractivity contribution in [3.63, 3.8) is 0 Å². The number of hydrogen-bond acceptors (Lipinski definition) is 5. The number of nitrogens with zero attached hydrogens (tertiary/aromatic N) is 4. The van der Waals surface area contributed by atoms with Crippen molar-refractivity contribution in [3.05, 3.63) is 41.5 Å². The lowest BCUT2D eigenvalue weighted by Crippen LogP contribution is -2.08. The van der Waals surface area contributed by atoms with Gasteiger partial charge in [0.25, 0.3) is 0 Å². The van der Waals surface area contributed by atoms with E-state index in [0.717, 1.165) is 18.4 Å². The third kappa shape index (κ3) is 2.06. The maximum atomic E-state index is 11.2. The maximum absolute atomic E-state index is 11.2. The summed E-state index contributed by atoms with van der Waals surface area (Å²) in [6.45, 7) is 0.292. The van der Waals surface area contributed by atoms with Crippen LogP contribution < -0.4 is 0 Å². The number of fused-ring (bicyclic) bond motifs is 1. The van der Waals surface area contributed by atoms with Gasteiger partial charge < -0.3 is 9.52 Å². The summed E-state index contributed by atoms with van der Waals surface area (Å²) in [6.07, 6.45) is 1.95. The van der Waals surface area contributed by atoms with Gasteiger partial charge in [-0.05, 0) is 25.0 Å². The number of hydrogen-bond donors (Lipinski definition) is 1. The van der Waals surface area contributed by atoms with Crippen LogP contribution in [0.25, 0.3) is 11.1 Å². The van der Waals surface area contributed by atoms with Crippen molar-refractivity contribution in [3.8, 4) is 0 Å². The van der Waals surface area contributed by atoms with Crippen LogP contribution in [0.2, 0.25) is 0 Å². The smallest absolute Gasteiger partial charge is 0.358 e. The number of aromatic carboxylic acids is 1. The predicted molar refractivity (Wildman–Crippen MR) is 72.1 cm³/mol. The lowest BCUT2D eigenvalue weighted by atomic mass is 10.2. The maximum Gasteiger partial charge on any atom is 0.358 e. The van der Waals surface area contributed by atoms with Gasteiger partial charge in [-0.15, -0.1) is 5.10 Å². The van der Waals surface area contributed by atoms with E-state index in [-0.39, 0.29) is 11.6 Å². The van der Waals surface area contributed by atoms with Crippen molar-refractivity contribution < 1.29 is 14.3 Å². The minimum atomic E-state index is -1.04. The second kappa shape index (κ2) is 4.41. The van der Waals surface area contributed by atoms with E-state index in [1.165, 1.54) is 0 Å². The molecule has 2 heterocycles. The molecule has 0 unspecified atom stereocenters. The Labute approximate surface area is 119 Å². The number of oxazole rings is 1. The van der Waals surface area contributed by atoms with Crippen LogP contribution in [-0.4, -0.2) is 31.1 Å². The molecule has 7 heteroatoms. The molecule has 1 N–H and O–H groups in total. The van der Waals surface area contributed by atoms with Gasteiger partial charge in [0.2, 0.25) is 5.89 Å². The highest BCUT2D eigenvalue weighted by molar-refractivity contribution is 5.86. The summed E-state index contributed by atoms with van der Waals surface area (Å²) in [5.41, 5.74) is 2.19. The molecular formula is C14H12N4O3. The van der Waals surface area contributed by atoms with Gasteiger partial charge in [0.15, 0.2) is 11.3 Å². The van der Waals surface area contributed by atoms with E-state index < -0.39 is 5.97 Å². The fraction of sp³-hybridized carbons (Fsp3) is 0.286. The molecule has 1 aliphatic rings. The molecule has 1 aliphatic carbocycles. The van der Waals surface area contributed by atoms with Crippen LogP contribution >= 0.6 is 0 Å². The van der Waals surface area contributed by atoms with Crippen LogP contribution in [0.3, 0.4) is 0 Å². The summed E-state index contributed by atoms with van der Waals surface area (Å²) in [5, 5.41) is 16.9. The Hall–Kier alpha value is -2.70. The molecule has 21 heavy (non-hydrogen) atoms. The Kier molecular flexibility index (Phi) is 2.53. The number of para-hydroxylation sites is 2. The first-order valence-electron chi connectivity index (χ1n) is 6.73. The fourth-order valence-corrected chi connectivity index (χ4v) is 2.47. The molecule has 7 nitrogen and oxygen atoms in total. The van der Waals surface area contributed by atoms with Crippen LogP contribution in [0.4, 0.5) is 0 Å². The molecule has 106 valence electrons. The number of aromatic nitrogens is 4. The number of carboxylic acid groups (broad SMARTS) is 1. The number of carbonyl (C=O) groups is 1. The van der Waals surface area contributed by atoms with Crippen molar-refractivity contribution in [1.29, 1.82) is 0 Å². The topological polar surface area (TPSA) is 94.0 Å². The summed E-state index contributed by atoms with van der Waals surface area (Å²) in [6, 6.07) is 7.49. The first kappa shape index (κ1) is 12.1. The van der Waals surface area contributed by atoms with Gasteiger partial charge >= 0.3 is 5.97 Å². The molecule has 0 aliphatic heterocycles. The molecule has 1 fully saturated rings. The molecule has 0 saturated heterocycles. The fourth-order valence-electron chi connectivity index (χ4n) is 2.47. The molecule has 4 rings (SSSR count). The zero-order valence-electron chi connectivity index (χ0n) is 11.1. The molecule has 0 amide bonds. The van der Waals surface area contributed by atoms with Crippen molar-refractivity contribution >= 4 is 17.1 Å².